The maximum atomic E-state index is 12.0. The van der Waals surface area contributed by atoms with Gasteiger partial charge < -0.3 is 19.8 Å². The lowest BCUT2D eigenvalue weighted by molar-refractivity contribution is -0.139. The molecule has 2 aromatic rings. The molecular formula is C18H21N3O5S. The van der Waals surface area contributed by atoms with Gasteiger partial charge in [-0.3, -0.25) is 14.4 Å². The first-order valence-electron chi connectivity index (χ1n) is 8.20. The molecule has 1 heterocycles. The third kappa shape index (κ3) is 6.78. The zero-order valence-electron chi connectivity index (χ0n) is 15.1. The molecule has 0 spiro atoms. The van der Waals surface area contributed by atoms with Gasteiger partial charge in [-0.15, -0.1) is 0 Å². The number of carbonyl (C=O) groups excluding carboxylic acids is 2. The molecule has 0 radical (unpaired) electrons. The quantitative estimate of drug-likeness (QED) is 0.372. The molecule has 0 aliphatic heterocycles. The highest BCUT2D eigenvalue weighted by Crippen LogP contribution is 2.17. The van der Waals surface area contributed by atoms with Crippen LogP contribution in [0, 0.1) is 0 Å². The number of rotatable bonds is 9. The van der Waals surface area contributed by atoms with Crippen LogP contribution in [-0.2, 0) is 27.2 Å². The number of benzene rings is 1. The Morgan fingerprint density at radius 2 is 2.04 bits per heavy atom. The van der Waals surface area contributed by atoms with Crippen molar-refractivity contribution < 1.29 is 19.1 Å². The van der Waals surface area contributed by atoms with E-state index in [1.54, 1.807) is 7.11 Å². The van der Waals surface area contributed by atoms with Crippen molar-refractivity contribution in [3.8, 4) is 5.75 Å². The Labute approximate surface area is 160 Å². The van der Waals surface area contributed by atoms with E-state index in [2.05, 4.69) is 20.0 Å². The lowest BCUT2D eigenvalue weighted by atomic mass is 10.1. The van der Waals surface area contributed by atoms with Gasteiger partial charge in [0.1, 0.15) is 5.75 Å². The van der Waals surface area contributed by atoms with Crippen LogP contribution >= 0.6 is 11.8 Å². The summed E-state index contributed by atoms with van der Waals surface area (Å²) in [5.41, 5.74) is 0.919. The number of aromatic nitrogens is 2. The molecular weight excluding hydrogens is 370 g/mol. The van der Waals surface area contributed by atoms with E-state index in [0.717, 1.165) is 23.1 Å². The molecule has 1 aromatic heterocycles. The van der Waals surface area contributed by atoms with Crippen molar-refractivity contribution >= 4 is 23.6 Å². The van der Waals surface area contributed by atoms with Gasteiger partial charge in [0.2, 0.25) is 5.91 Å². The summed E-state index contributed by atoms with van der Waals surface area (Å²) in [5.74, 6) is 0.204. The van der Waals surface area contributed by atoms with Crippen molar-refractivity contribution in [2.24, 2.45) is 0 Å². The van der Waals surface area contributed by atoms with E-state index in [1.807, 2.05) is 24.3 Å². The average Bonchev–Trinajstić information content (AvgIpc) is 2.66. The standard InChI is InChI=1S/C18H21N3O5S/c1-25-14-6-4-3-5-12(14)7-8-19-16(23)11-27-18-20-13(9-15(22)21-18)10-17(24)26-2/h3-6,9H,7-8,10-11H2,1-2H3,(H,19,23)(H,20,21,22). The van der Waals surface area contributed by atoms with Crippen LogP contribution in [0.4, 0.5) is 0 Å². The first kappa shape index (κ1) is 20.5. The molecule has 0 atom stereocenters. The molecule has 1 aromatic carbocycles. The van der Waals surface area contributed by atoms with Crippen LogP contribution in [0.15, 0.2) is 40.3 Å². The number of hydrogen-bond acceptors (Lipinski definition) is 7. The van der Waals surface area contributed by atoms with Crippen LogP contribution in [0.1, 0.15) is 11.3 Å². The minimum atomic E-state index is -0.488. The van der Waals surface area contributed by atoms with Gasteiger partial charge in [0.15, 0.2) is 5.16 Å². The zero-order chi connectivity index (χ0) is 19.6. The predicted molar refractivity (Wildman–Crippen MR) is 101 cm³/mol. The van der Waals surface area contributed by atoms with E-state index in [9.17, 15) is 14.4 Å². The van der Waals surface area contributed by atoms with Gasteiger partial charge >= 0.3 is 5.97 Å². The molecule has 0 saturated heterocycles. The molecule has 0 fully saturated rings. The second-order valence-corrected chi connectivity index (χ2v) is 6.46. The number of ether oxygens (including phenoxy) is 2. The highest BCUT2D eigenvalue weighted by molar-refractivity contribution is 7.99. The lowest BCUT2D eigenvalue weighted by Crippen LogP contribution is -2.27. The second-order valence-electron chi connectivity index (χ2n) is 5.50. The Kier molecular flexibility index (Phi) is 7.87. The van der Waals surface area contributed by atoms with Crippen molar-refractivity contribution in [3.05, 3.63) is 51.9 Å². The first-order valence-corrected chi connectivity index (χ1v) is 9.19. The molecule has 0 aliphatic rings. The molecule has 1 amide bonds. The smallest absolute Gasteiger partial charge is 0.311 e. The lowest BCUT2D eigenvalue weighted by Gasteiger charge is -2.09. The number of amides is 1. The number of para-hydroxylation sites is 1. The fourth-order valence-corrected chi connectivity index (χ4v) is 3.02. The minimum Gasteiger partial charge on any atom is -0.496 e. The van der Waals surface area contributed by atoms with Crippen molar-refractivity contribution in [1.29, 1.82) is 0 Å². The monoisotopic (exact) mass is 391 g/mol. The van der Waals surface area contributed by atoms with Crippen LogP contribution in [0.25, 0.3) is 0 Å². The Balaban J connectivity index is 1.83. The van der Waals surface area contributed by atoms with E-state index in [0.29, 0.717) is 18.7 Å². The average molecular weight is 391 g/mol. The summed E-state index contributed by atoms with van der Waals surface area (Å²) >= 11 is 1.09. The van der Waals surface area contributed by atoms with Crippen LogP contribution in [0.3, 0.4) is 0 Å². The summed E-state index contributed by atoms with van der Waals surface area (Å²) in [4.78, 5) is 41.6. The van der Waals surface area contributed by atoms with Gasteiger partial charge in [-0.05, 0) is 18.1 Å². The van der Waals surface area contributed by atoms with Crippen LogP contribution in [-0.4, -0.2) is 48.4 Å². The summed E-state index contributed by atoms with van der Waals surface area (Å²) in [6.45, 7) is 0.464. The maximum absolute atomic E-state index is 12.0. The highest BCUT2D eigenvalue weighted by atomic mass is 32.2. The molecule has 27 heavy (non-hydrogen) atoms. The van der Waals surface area contributed by atoms with Crippen molar-refractivity contribution in [1.82, 2.24) is 15.3 Å². The van der Waals surface area contributed by atoms with E-state index < -0.39 is 5.97 Å². The Hall–Kier alpha value is -2.81. The zero-order valence-corrected chi connectivity index (χ0v) is 15.9. The van der Waals surface area contributed by atoms with Crippen LogP contribution in [0.5, 0.6) is 5.75 Å². The van der Waals surface area contributed by atoms with Crippen molar-refractivity contribution in [2.45, 2.75) is 18.0 Å². The fraction of sp³-hybridized carbons (Fsp3) is 0.333. The van der Waals surface area contributed by atoms with Gasteiger partial charge in [0.05, 0.1) is 32.1 Å². The number of nitrogens with one attached hydrogen (secondary N) is 2. The first-order chi connectivity index (χ1) is 13.0. The molecule has 2 N–H and O–H groups in total. The number of methoxy groups -OCH3 is 2. The molecule has 0 bridgehead atoms. The van der Waals surface area contributed by atoms with Gasteiger partial charge in [-0.1, -0.05) is 30.0 Å². The number of carbonyl (C=O) groups is 2. The minimum absolute atomic E-state index is 0.0938. The third-order valence-corrected chi connectivity index (χ3v) is 4.45. The number of H-pyrrole nitrogens is 1. The van der Waals surface area contributed by atoms with Gasteiger partial charge in [-0.2, -0.15) is 0 Å². The summed E-state index contributed by atoms with van der Waals surface area (Å²) in [7, 11) is 2.87. The second kappa shape index (κ2) is 10.4. The Morgan fingerprint density at radius 3 is 2.78 bits per heavy atom. The van der Waals surface area contributed by atoms with Crippen LogP contribution < -0.4 is 15.6 Å². The number of aromatic amines is 1. The summed E-state index contributed by atoms with van der Waals surface area (Å²) < 4.78 is 9.83. The maximum Gasteiger partial charge on any atom is 0.311 e. The topological polar surface area (TPSA) is 110 Å². The molecule has 0 saturated carbocycles. The third-order valence-electron chi connectivity index (χ3n) is 3.58. The molecule has 8 nitrogen and oxygen atoms in total. The summed E-state index contributed by atoms with van der Waals surface area (Å²) in [6, 6.07) is 8.85. The Bertz CT molecular complexity index is 853. The molecule has 2 rings (SSSR count). The van der Waals surface area contributed by atoms with Crippen molar-refractivity contribution in [2.75, 3.05) is 26.5 Å². The highest BCUT2D eigenvalue weighted by Gasteiger charge is 2.10. The summed E-state index contributed by atoms with van der Waals surface area (Å²) in [6.07, 6.45) is 0.545. The van der Waals surface area contributed by atoms with Crippen molar-refractivity contribution in [3.63, 3.8) is 0 Å². The van der Waals surface area contributed by atoms with E-state index in [1.165, 1.54) is 13.2 Å². The normalized spacial score (nSPS) is 10.3. The largest absolute Gasteiger partial charge is 0.496 e. The van der Waals surface area contributed by atoms with E-state index in [-0.39, 0.29) is 28.8 Å². The van der Waals surface area contributed by atoms with Gasteiger partial charge in [0, 0.05) is 12.6 Å². The number of esters is 1. The number of thioether (sulfide) groups is 1. The van der Waals surface area contributed by atoms with E-state index >= 15 is 0 Å². The fourth-order valence-electron chi connectivity index (χ4n) is 2.29. The SMILES string of the molecule is COC(=O)Cc1cc(=O)[nH]c(SCC(=O)NCCc2ccccc2OC)n1. The van der Waals surface area contributed by atoms with Gasteiger partial charge in [0.25, 0.3) is 5.56 Å². The van der Waals surface area contributed by atoms with E-state index in [4.69, 9.17) is 4.74 Å². The number of hydrogen-bond donors (Lipinski definition) is 2. The molecule has 0 aliphatic carbocycles. The van der Waals surface area contributed by atoms with Gasteiger partial charge in [-0.25, -0.2) is 4.98 Å². The van der Waals surface area contributed by atoms with Crippen LogP contribution in [0.2, 0.25) is 0 Å². The summed E-state index contributed by atoms with van der Waals surface area (Å²) in [5, 5.41) is 3.09. The molecule has 144 valence electrons. The predicted octanol–water partition coefficient (Wildman–Crippen LogP) is 0.945. The molecule has 9 heteroatoms. The number of nitrogens with zero attached hydrogens (tertiary/aromatic N) is 1. The Morgan fingerprint density at radius 1 is 1.26 bits per heavy atom. The molecule has 0 unspecified atom stereocenters.